The highest BCUT2D eigenvalue weighted by Gasteiger charge is 2.64. The van der Waals surface area contributed by atoms with Crippen molar-refractivity contribution in [2.75, 3.05) is 26.9 Å². The van der Waals surface area contributed by atoms with Crippen molar-refractivity contribution in [1.29, 1.82) is 0 Å². The minimum absolute atomic E-state index is 0.145. The van der Waals surface area contributed by atoms with Crippen molar-refractivity contribution in [3.05, 3.63) is 250 Å². The smallest absolute Gasteiger partial charge is 0.186 e. The molecule has 1 spiro atoms. The van der Waals surface area contributed by atoms with Crippen LogP contribution in [0.4, 0.5) is 0 Å². The first kappa shape index (κ1) is 49.0. The fourth-order valence-electron chi connectivity index (χ4n) is 11.7. The summed E-state index contributed by atoms with van der Waals surface area (Å²) in [5.74, 6) is 0. The van der Waals surface area contributed by atoms with E-state index in [9.17, 15) is 0 Å². The second kappa shape index (κ2) is 22.5. The number of rotatable bonds is 17. The van der Waals surface area contributed by atoms with E-state index in [0.717, 1.165) is 50.1 Å². The van der Waals surface area contributed by atoms with Crippen LogP contribution in [-0.2, 0) is 83.9 Å². The minimum Gasteiger partial charge on any atom is -0.371 e. The van der Waals surface area contributed by atoms with Gasteiger partial charge in [-0.1, -0.05) is 200 Å². The second-order valence-electron chi connectivity index (χ2n) is 19.7. The maximum absolute atomic E-state index is 7.33. The summed E-state index contributed by atoms with van der Waals surface area (Å²) in [7, 11) is 1.64. The summed E-state index contributed by atoms with van der Waals surface area (Å²) in [5, 5.41) is 0. The average molecular weight is 995 g/mol. The van der Waals surface area contributed by atoms with Crippen LogP contribution in [0.2, 0.25) is 0 Å². The van der Waals surface area contributed by atoms with Crippen LogP contribution >= 0.6 is 0 Å². The predicted octanol–water partition coefficient (Wildman–Crippen LogP) is 10.4. The molecular weight excluding hydrogens is 933 g/mol. The zero-order valence-corrected chi connectivity index (χ0v) is 41.4. The Morgan fingerprint density at radius 2 is 0.919 bits per heavy atom. The first-order chi connectivity index (χ1) is 36.6. The van der Waals surface area contributed by atoms with Crippen LogP contribution in [0, 0.1) is 0 Å². The SMILES string of the molecule is CO[C@H]1O[C@H](COC2c3ccccc3C3(CO[C@@H]4[C@@H](OCc5ccccc5)[C@@H]5O[C@H](c6ccccc6)OC[C@H]5O[C@H]43)c3ccccc32)[C@H](OCc2ccccc2)[C@H](OCc2ccccc2)[C@H]1OCc1ccccc1. The Kier molecular flexibility index (Phi) is 14.9. The maximum atomic E-state index is 7.33. The topological polar surface area (TPSA) is 102 Å². The van der Waals surface area contributed by atoms with Crippen LogP contribution in [0.3, 0.4) is 0 Å². The van der Waals surface area contributed by atoms with Gasteiger partial charge >= 0.3 is 0 Å². The Balaban J connectivity index is 0.865. The summed E-state index contributed by atoms with van der Waals surface area (Å²) in [4.78, 5) is 0. The molecule has 11 nitrogen and oxygen atoms in total. The number of hydrogen-bond donors (Lipinski definition) is 0. The van der Waals surface area contributed by atoms with E-state index in [4.69, 9.17) is 52.1 Å². The first-order valence-electron chi connectivity index (χ1n) is 25.8. The third-order valence-corrected chi connectivity index (χ3v) is 15.2. The Morgan fingerprint density at radius 3 is 1.46 bits per heavy atom. The molecule has 4 aliphatic heterocycles. The van der Waals surface area contributed by atoms with Gasteiger partial charge in [-0.25, -0.2) is 0 Å². The lowest BCUT2D eigenvalue weighted by molar-refractivity contribution is -0.331. The van der Waals surface area contributed by atoms with Gasteiger partial charge in [0.2, 0.25) is 0 Å². The number of fused-ring (bicyclic) bond motifs is 7. The van der Waals surface area contributed by atoms with Crippen molar-refractivity contribution in [3.8, 4) is 0 Å². The molecule has 74 heavy (non-hydrogen) atoms. The van der Waals surface area contributed by atoms with E-state index in [0.29, 0.717) is 39.6 Å². The quantitative estimate of drug-likeness (QED) is 0.0872. The zero-order chi connectivity index (χ0) is 49.7. The maximum Gasteiger partial charge on any atom is 0.186 e. The van der Waals surface area contributed by atoms with E-state index in [2.05, 4.69) is 84.9 Å². The van der Waals surface area contributed by atoms with Gasteiger partial charge in [0.15, 0.2) is 12.6 Å². The second-order valence-corrected chi connectivity index (χ2v) is 19.7. The summed E-state index contributed by atoms with van der Waals surface area (Å²) < 4.78 is 75.8. The molecule has 0 amide bonds. The van der Waals surface area contributed by atoms with Gasteiger partial charge in [-0.05, 0) is 44.5 Å². The van der Waals surface area contributed by atoms with E-state index in [1.165, 1.54) is 0 Å². The van der Waals surface area contributed by atoms with Crippen LogP contribution in [0.15, 0.2) is 200 Å². The van der Waals surface area contributed by atoms with Crippen molar-refractivity contribution in [3.63, 3.8) is 0 Å². The van der Waals surface area contributed by atoms with Crippen LogP contribution < -0.4 is 0 Å². The third-order valence-electron chi connectivity index (χ3n) is 15.2. The van der Waals surface area contributed by atoms with Gasteiger partial charge < -0.3 is 52.1 Å². The highest BCUT2D eigenvalue weighted by molar-refractivity contribution is 5.58. The number of hydrogen-bond acceptors (Lipinski definition) is 11. The Labute approximate surface area is 433 Å². The summed E-state index contributed by atoms with van der Waals surface area (Å²) >= 11 is 0. The lowest BCUT2D eigenvalue weighted by atomic mass is 9.62. The summed E-state index contributed by atoms with van der Waals surface area (Å²) in [6.07, 6.45) is -6.66. The largest absolute Gasteiger partial charge is 0.371 e. The van der Waals surface area contributed by atoms with Crippen molar-refractivity contribution < 1.29 is 52.1 Å². The Hall–Kier alpha value is -5.90. The molecule has 380 valence electrons. The molecule has 12 rings (SSSR count). The first-order valence-corrected chi connectivity index (χ1v) is 25.8. The molecule has 0 saturated carbocycles. The molecule has 0 aromatic heterocycles. The van der Waals surface area contributed by atoms with Gasteiger partial charge in [0.05, 0.1) is 51.7 Å². The molecule has 11 heteroatoms. The standard InChI is InChI=1S/C63H62O11/c1-64-62-59(68-38-45-27-13-5-14-28-45)56(66-36-43-23-9-3-10-24-43)54(65-35-42-21-7-2-8-22-42)51(73-62)39-69-53-47-31-17-19-33-49(47)63(50-34-20-18-32-48(50)53)41-71-58-57(67-37-44-25-11-4-12-26-44)55-52(72-60(58)63)40-70-61(74-55)46-29-15-6-16-30-46/h2-34,51-62H,35-41H2,1H3/t51-,52-,53?,54+,55-,56+,57+,58-,59-,60-,61-,62+,63?/m1/s1. The van der Waals surface area contributed by atoms with Gasteiger partial charge in [-0.15, -0.1) is 0 Å². The highest BCUT2D eigenvalue weighted by Crippen LogP contribution is 2.56. The monoisotopic (exact) mass is 994 g/mol. The van der Waals surface area contributed by atoms with Crippen molar-refractivity contribution >= 4 is 0 Å². The number of benzene rings is 7. The van der Waals surface area contributed by atoms with Crippen molar-refractivity contribution in [2.45, 2.75) is 105 Å². The highest BCUT2D eigenvalue weighted by atomic mass is 16.7. The van der Waals surface area contributed by atoms with E-state index in [1.54, 1.807) is 7.11 Å². The molecule has 7 aromatic carbocycles. The molecular formula is C63H62O11. The predicted molar refractivity (Wildman–Crippen MR) is 276 cm³/mol. The number of methoxy groups -OCH3 is 1. The lowest BCUT2D eigenvalue weighted by Gasteiger charge is -2.51. The lowest BCUT2D eigenvalue weighted by Crippen LogP contribution is -2.64. The molecule has 1 aliphatic carbocycles. The summed E-state index contributed by atoms with van der Waals surface area (Å²) in [6.45, 7) is 2.20. The Bertz CT molecular complexity index is 2830. The summed E-state index contributed by atoms with van der Waals surface area (Å²) in [5.41, 5.74) is 8.54. The van der Waals surface area contributed by atoms with Gasteiger partial charge in [0, 0.05) is 12.7 Å². The van der Waals surface area contributed by atoms with E-state index in [1.807, 2.05) is 115 Å². The fourth-order valence-corrected chi connectivity index (χ4v) is 11.7. The Morgan fingerprint density at radius 1 is 0.446 bits per heavy atom. The van der Waals surface area contributed by atoms with Gasteiger partial charge in [0.1, 0.15) is 61.0 Å². The molecule has 4 heterocycles. The number of ether oxygens (including phenoxy) is 11. The fraction of sp³-hybridized carbons (Fsp3) is 0.333. The van der Waals surface area contributed by atoms with Gasteiger partial charge in [0.25, 0.3) is 0 Å². The van der Waals surface area contributed by atoms with Crippen molar-refractivity contribution in [1.82, 2.24) is 0 Å². The third kappa shape index (κ3) is 9.91. The molecule has 0 bridgehead atoms. The van der Waals surface area contributed by atoms with E-state index in [-0.39, 0.29) is 6.61 Å². The molecule has 7 aromatic rings. The van der Waals surface area contributed by atoms with Crippen LogP contribution in [0.25, 0.3) is 0 Å². The van der Waals surface area contributed by atoms with Crippen LogP contribution in [-0.4, -0.2) is 88.2 Å². The molecule has 0 unspecified atom stereocenters. The average Bonchev–Trinajstić information content (AvgIpc) is 3.91. The van der Waals surface area contributed by atoms with Gasteiger partial charge in [-0.2, -0.15) is 0 Å². The summed E-state index contributed by atoms with van der Waals surface area (Å²) in [6, 6.07) is 67.8. The molecule has 0 N–H and O–H groups in total. The molecule has 11 atom stereocenters. The minimum atomic E-state index is -0.800. The molecule has 4 saturated heterocycles. The van der Waals surface area contributed by atoms with Crippen LogP contribution in [0.5, 0.6) is 0 Å². The molecule has 5 aliphatic rings. The van der Waals surface area contributed by atoms with E-state index >= 15 is 0 Å². The normalized spacial score (nSPS) is 30.0. The van der Waals surface area contributed by atoms with Crippen LogP contribution in [0.1, 0.15) is 62.5 Å². The molecule has 0 radical (unpaired) electrons. The zero-order valence-electron chi connectivity index (χ0n) is 41.4. The van der Waals surface area contributed by atoms with Crippen molar-refractivity contribution in [2.24, 2.45) is 0 Å². The molecule has 4 fully saturated rings. The van der Waals surface area contributed by atoms with E-state index < -0.39 is 79.0 Å². The van der Waals surface area contributed by atoms with Gasteiger partial charge in [-0.3, -0.25) is 0 Å².